The van der Waals surface area contributed by atoms with E-state index in [4.69, 9.17) is 5.11 Å². The van der Waals surface area contributed by atoms with E-state index in [1.165, 1.54) is 14.0 Å². The average Bonchev–Trinajstić information content (AvgIpc) is 2.36. The molecular weight excluding hydrogens is 252 g/mol. The van der Waals surface area contributed by atoms with Crippen LogP contribution in [-0.2, 0) is 9.53 Å². The highest BCUT2D eigenvalue weighted by Crippen LogP contribution is 2.30. The topological polar surface area (TPSA) is 63.6 Å². The summed E-state index contributed by atoms with van der Waals surface area (Å²) in [5, 5.41) is 9.01. The minimum Gasteiger partial charge on any atom is -0.514 e. The van der Waals surface area contributed by atoms with Gasteiger partial charge < -0.3 is 9.84 Å². The lowest BCUT2D eigenvalue weighted by Crippen LogP contribution is -2.02. The number of esters is 1. The third-order valence-corrected chi connectivity index (χ3v) is 3.47. The smallest absolute Gasteiger partial charge is 0.347 e. The number of carbonyl (C=O) groups is 2. The second kappa shape index (κ2) is 6.26. The first-order valence-electron chi connectivity index (χ1n) is 5.21. The number of aliphatic hydroxyl groups is 1. The lowest BCUT2D eigenvalue weighted by atomic mass is 10.1. The van der Waals surface area contributed by atoms with Gasteiger partial charge in [0.25, 0.3) is 0 Å². The summed E-state index contributed by atoms with van der Waals surface area (Å²) in [4.78, 5) is 23.4. The fraction of sp³-hybridized carbons (Fsp3) is 0.231. The van der Waals surface area contributed by atoms with E-state index in [9.17, 15) is 9.59 Å². The van der Waals surface area contributed by atoms with Crippen molar-refractivity contribution < 1.29 is 19.4 Å². The predicted octanol–water partition coefficient (Wildman–Crippen LogP) is 2.86. The number of rotatable bonds is 4. The van der Waals surface area contributed by atoms with Crippen LogP contribution in [0.5, 0.6) is 0 Å². The maximum atomic E-state index is 11.3. The van der Waals surface area contributed by atoms with Crippen LogP contribution < -0.4 is 0 Å². The van der Waals surface area contributed by atoms with E-state index in [0.717, 1.165) is 22.2 Å². The van der Waals surface area contributed by atoms with Crippen LogP contribution >= 0.6 is 11.8 Å². The Bertz CT molecular complexity index is 506. The number of aryl methyl sites for hydroxylation is 1. The maximum Gasteiger partial charge on any atom is 0.347 e. The second-order valence-electron chi connectivity index (χ2n) is 3.62. The van der Waals surface area contributed by atoms with Crippen LogP contribution in [0, 0.1) is 6.92 Å². The van der Waals surface area contributed by atoms with Gasteiger partial charge in [-0.2, -0.15) is 0 Å². The summed E-state index contributed by atoms with van der Waals surface area (Å²) >= 11 is 1.06. The molecule has 0 heterocycles. The Hall–Kier alpha value is -1.75. The van der Waals surface area contributed by atoms with Crippen molar-refractivity contribution in [3.63, 3.8) is 0 Å². The molecule has 0 aliphatic heterocycles. The summed E-state index contributed by atoms with van der Waals surface area (Å²) < 4.78 is 4.54. The SMILES string of the molecule is COC(=O)C(=CO)Sc1cc(C(C)=O)ccc1C. The van der Waals surface area contributed by atoms with Crippen LogP contribution in [0.3, 0.4) is 0 Å². The van der Waals surface area contributed by atoms with Crippen molar-refractivity contribution in [2.24, 2.45) is 0 Å². The molecule has 0 atom stereocenters. The maximum absolute atomic E-state index is 11.3. The molecule has 1 rings (SSSR count). The molecule has 0 fully saturated rings. The number of ketones is 1. The molecule has 0 aromatic heterocycles. The fourth-order valence-corrected chi connectivity index (χ4v) is 2.14. The molecule has 0 amide bonds. The Labute approximate surface area is 110 Å². The van der Waals surface area contributed by atoms with Crippen molar-refractivity contribution in [3.05, 3.63) is 40.5 Å². The van der Waals surface area contributed by atoms with Gasteiger partial charge in [0.1, 0.15) is 11.2 Å². The Balaban J connectivity index is 3.06. The summed E-state index contributed by atoms with van der Waals surface area (Å²) in [6.45, 7) is 3.33. The van der Waals surface area contributed by atoms with E-state index in [2.05, 4.69) is 4.74 Å². The number of Topliss-reactive ketones (excluding diaryl/α,β-unsaturated/α-hetero) is 1. The van der Waals surface area contributed by atoms with Gasteiger partial charge in [-0.25, -0.2) is 4.79 Å². The Kier molecular flexibility index (Phi) is 4.97. The quantitative estimate of drug-likeness (QED) is 0.298. The molecule has 0 radical (unpaired) electrons. The lowest BCUT2D eigenvalue weighted by molar-refractivity contribution is -0.135. The molecule has 1 N–H and O–H groups in total. The van der Waals surface area contributed by atoms with Gasteiger partial charge in [-0.05, 0) is 25.5 Å². The molecule has 18 heavy (non-hydrogen) atoms. The Morgan fingerprint density at radius 2 is 2.06 bits per heavy atom. The molecule has 96 valence electrons. The number of thioether (sulfide) groups is 1. The minimum atomic E-state index is -0.616. The molecule has 0 saturated heterocycles. The van der Waals surface area contributed by atoms with E-state index in [1.807, 2.05) is 6.92 Å². The molecule has 4 nitrogen and oxygen atoms in total. The van der Waals surface area contributed by atoms with Crippen molar-refractivity contribution in [1.82, 2.24) is 0 Å². The second-order valence-corrected chi connectivity index (χ2v) is 4.71. The third-order valence-electron chi connectivity index (χ3n) is 2.32. The van der Waals surface area contributed by atoms with Crippen LogP contribution in [0.15, 0.2) is 34.3 Å². The third kappa shape index (κ3) is 3.37. The van der Waals surface area contributed by atoms with E-state index >= 15 is 0 Å². The van der Waals surface area contributed by atoms with Crippen LogP contribution in [0.2, 0.25) is 0 Å². The van der Waals surface area contributed by atoms with Crippen LogP contribution in [0.4, 0.5) is 0 Å². The summed E-state index contributed by atoms with van der Waals surface area (Å²) in [5.74, 6) is -0.667. The lowest BCUT2D eigenvalue weighted by Gasteiger charge is -2.08. The standard InChI is InChI=1S/C13H14O4S/c1-8-4-5-10(9(2)15)6-11(8)18-12(7-14)13(16)17-3/h4-7,14H,1-3H3. The van der Waals surface area contributed by atoms with Crippen molar-refractivity contribution in [2.45, 2.75) is 18.7 Å². The molecule has 1 aromatic rings. The summed E-state index contributed by atoms with van der Waals surface area (Å²) in [6, 6.07) is 5.21. The van der Waals surface area contributed by atoms with Gasteiger partial charge in [0.15, 0.2) is 5.78 Å². The Morgan fingerprint density at radius 1 is 1.39 bits per heavy atom. The number of hydrogen-bond donors (Lipinski definition) is 1. The first-order valence-corrected chi connectivity index (χ1v) is 6.03. The van der Waals surface area contributed by atoms with E-state index < -0.39 is 5.97 Å². The van der Waals surface area contributed by atoms with Crippen LogP contribution in [0.25, 0.3) is 0 Å². The van der Waals surface area contributed by atoms with E-state index in [-0.39, 0.29) is 10.7 Å². The van der Waals surface area contributed by atoms with Gasteiger partial charge in [-0.15, -0.1) is 0 Å². The van der Waals surface area contributed by atoms with Crippen LogP contribution in [-0.4, -0.2) is 24.0 Å². The molecule has 0 aliphatic rings. The van der Waals surface area contributed by atoms with Gasteiger partial charge in [0.05, 0.1) is 7.11 Å². The molecule has 0 unspecified atom stereocenters. The number of hydrogen-bond acceptors (Lipinski definition) is 5. The molecule has 1 aromatic carbocycles. The number of aliphatic hydroxyl groups excluding tert-OH is 1. The highest BCUT2D eigenvalue weighted by atomic mass is 32.2. The normalized spacial score (nSPS) is 11.2. The molecule has 0 saturated carbocycles. The van der Waals surface area contributed by atoms with Crippen molar-refractivity contribution in [2.75, 3.05) is 7.11 Å². The first kappa shape index (κ1) is 14.3. The van der Waals surface area contributed by atoms with Gasteiger partial charge in [-0.3, -0.25) is 4.79 Å². The van der Waals surface area contributed by atoms with Gasteiger partial charge >= 0.3 is 5.97 Å². The average molecular weight is 266 g/mol. The van der Waals surface area contributed by atoms with Crippen molar-refractivity contribution in [3.8, 4) is 0 Å². The predicted molar refractivity (Wildman–Crippen MR) is 69.8 cm³/mol. The number of carbonyl (C=O) groups excluding carboxylic acids is 2. The zero-order chi connectivity index (χ0) is 13.7. The fourth-order valence-electron chi connectivity index (χ4n) is 1.27. The van der Waals surface area contributed by atoms with E-state index in [1.54, 1.807) is 18.2 Å². The van der Waals surface area contributed by atoms with Gasteiger partial charge in [0, 0.05) is 10.5 Å². The van der Waals surface area contributed by atoms with Gasteiger partial charge in [-0.1, -0.05) is 23.9 Å². The summed E-state index contributed by atoms with van der Waals surface area (Å²) in [5.41, 5.74) is 1.47. The molecular formula is C13H14O4S. The summed E-state index contributed by atoms with van der Waals surface area (Å²) in [7, 11) is 1.24. The zero-order valence-electron chi connectivity index (χ0n) is 10.4. The van der Waals surface area contributed by atoms with Crippen molar-refractivity contribution >= 4 is 23.5 Å². The van der Waals surface area contributed by atoms with E-state index in [0.29, 0.717) is 11.8 Å². The van der Waals surface area contributed by atoms with Crippen molar-refractivity contribution in [1.29, 1.82) is 0 Å². The highest BCUT2D eigenvalue weighted by molar-refractivity contribution is 8.04. The minimum absolute atomic E-state index is 0.0514. The molecule has 0 aliphatic carbocycles. The number of methoxy groups -OCH3 is 1. The zero-order valence-corrected chi connectivity index (χ0v) is 11.2. The molecule has 0 spiro atoms. The number of ether oxygens (including phenoxy) is 1. The highest BCUT2D eigenvalue weighted by Gasteiger charge is 2.14. The van der Waals surface area contributed by atoms with Gasteiger partial charge in [0.2, 0.25) is 0 Å². The monoisotopic (exact) mass is 266 g/mol. The molecule has 0 bridgehead atoms. The largest absolute Gasteiger partial charge is 0.514 e. The Morgan fingerprint density at radius 3 is 2.56 bits per heavy atom. The number of benzene rings is 1. The summed E-state index contributed by atoms with van der Waals surface area (Å²) in [6.07, 6.45) is 0.705. The first-order chi connectivity index (χ1) is 8.49. The molecule has 5 heteroatoms. The van der Waals surface area contributed by atoms with Crippen LogP contribution in [0.1, 0.15) is 22.8 Å².